The number of aromatic nitrogens is 4. The highest BCUT2D eigenvalue weighted by Crippen LogP contribution is 2.28. The molecule has 0 aliphatic rings. The zero-order valence-corrected chi connectivity index (χ0v) is 17.4. The molecule has 0 saturated heterocycles. The lowest BCUT2D eigenvalue weighted by Crippen LogP contribution is -2.11. The third kappa shape index (κ3) is 3.94. The molecule has 0 aliphatic heterocycles. The first kappa shape index (κ1) is 20.4. The largest absolute Gasteiger partial charge is 0.497 e. The van der Waals surface area contributed by atoms with E-state index in [0.29, 0.717) is 28.0 Å². The molecule has 0 amide bonds. The van der Waals surface area contributed by atoms with Gasteiger partial charge in [-0.15, -0.1) is 0 Å². The Labute approximate surface area is 177 Å². The number of nitrogens with zero attached hydrogens (tertiary/aromatic N) is 5. The number of nitro benzene ring substituents is 1. The second kappa shape index (κ2) is 7.76. The van der Waals surface area contributed by atoms with Gasteiger partial charge >= 0.3 is 0 Å². The molecule has 31 heavy (non-hydrogen) atoms. The Balaban J connectivity index is 1.80. The number of imidazole rings is 1. The topological polar surface area (TPSA) is 130 Å². The first-order valence-electron chi connectivity index (χ1n) is 9.08. The van der Waals surface area contributed by atoms with Crippen molar-refractivity contribution in [1.82, 2.24) is 19.5 Å². The van der Waals surface area contributed by atoms with Gasteiger partial charge in [-0.05, 0) is 29.8 Å². The van der Waals surface area contributed by atoms with E-state index in [2.05, 4.69) is 15.0 Å². The van der Waals surface area contributed by atoms with Crippen LogP contribution < -0.4 is 4.74 Å². The number of sulfone groups is 1. The van der Waals surface area contributed by atoms with Gasteiger partial charge in [0.2, 0.25) is 15.0 Å². The first-order chi connectivity index (χ1) is 14.8. The average molecular weight is 439 g/mol. The van der Waals surface area contributed by atoms with E-state index < -0.39 is 14.8 Å². The molecule has 0 aliphatic carbocycles. The minimum atomic E-state index is -3.88. The van der Waals surface area contributed by atoms with E-state index in [1.807, 2.05) is 0 Å². The molecule has 0 radical (unpaired) electrons. The minimum absolute atomic E-state index is 0.0811. The van der Waals surface area contributed by atoms with Crippen LogP contribution in [0.4, 0.5) is 5.69 Å². The van der Waals surface area contributed by atoms with Gasteiger partial charge in [0, 0.05) is 24.7 Å². The van der Waals surface area contributed by atoms with Gasteiger partial charge in [-0.2, -0.15) is 4.98 Å². The third-order valence-corrected chi connectivity index (χ3v) is 6.14. The van der Waals surface area contributed by atoms with Gasteiger partial charge in [0.05, 0.1) is 24.1 Å². The van der Waals surface area contributed by atoms with Crippen LogP contribution in [0.3, 0.4) is 0 Å². The van der Waals surface area contributed by atoms with Gasteiger partial charge in [0.15, 0.2) is 5.65 Å². The monoisotopic (exact) mass is 439 g/mol. The van der Waals surface area contributed by atoms with Crippen LogP contribution in [0, 0.1) is 10.1 Å². The molecule has 10 nitrogen and oxygen atoms in total. The highest BCUT2D eigenvalue weighted by atomic mass is 32.2. The number of hydrogen-bond acceptors (Lipinski definition) is 8. The van der Waals surface area contributed by atoms with Gasteiger partial charge in [-0.1, -0.05) is 12.1 Å². The Morgan fingerprint density at radius 1 is 1.06 bits per heavy atom. The fourth-order valence-corrected chi connectivity index (χ4v) is 4.29. The number of ether oxygens (including phenoxy) is 1. The van der Waals surface area contributed by atoms with Gasteiger partial charge in [-0.25, -0.2) is 18.4 Å². The lowest BCUT2D eigenvalue weighted by molar-refractivity contribution is -0.384. The molecule has 0 unspecified atom stereocenters. The second-order valence-electron chi connectivity index (χ2n) is 6.79. The number of hydrogen-bond donors (Lipinski definition) is 0. The Bertz CT molecular complexity index is 1380. The van der Waals surface area contributed by atoms with E-state index in [1.165, 1.54) is 37.7 Å². The molecule has 158 valence electrons. The summed E-state index contributed by atoms with van der Waals surface area (Å²) in [5.41, 5.74) is 2.01. The van der Waals surface area contributed by atoms with Crippen molar-refractivity contribution in [3.05, 3.63) is 70.5 Å². The van der Waals surface area contributed by atoms with Crippen molar-refractivity contribution in [3.8, 4) is 17.0 Å². The zero-order valence-electron chi connectivity index (χ0n) is 16.6. The first-order valence-corrected chi connectivity index (χ1v) is 10.7. The predicted octanol–water partition coefficient (Wildman–Crippen LogP) is 2.92. The number of rotatable bonds is 6. The van der Waals surface area contributed by atoms with Crippen molar-refractivity contribution in [1.29, 1.82) is 0 Å². The van der Waals surface area contributed by atoms with Crippen LogP contribution in [0.1, 0.15) is 5.56 Å². The second-order valence-corrected chi connectivity index (χ2v) is 8.68. The number of nitro groups is 1. The molecular weight excluding hydrogens is 422 g/mol. The van der Waals surface area contributed by atoms with Crippen LogP contribution in [0.15, 0.2) is 60.0 Å². The fourth-order valence-electron chi connectivity index (χ4n) is 3.07. The van der Waals surface area contributed by atoms with Crippen LogP contribution in [0.25, 0.3) is 22.4 Å². The van der Waals surface area contributed by atoms with Gasteiger partial charge in [0.25, 0.3) is 5.69 Å². The van der Waals surface area contributed by atoms with Gasteiger partial charge in [-0.3, -0.25) is 10.1 Å². The normalized spacial score (nSPS) is 11.5. The maximum atomic E-state index is 13.1. The zero-order chi connectivity index (χ0) is 22.2. The van der Waals surface area contributed by atoms with Gasteiger partial charge in [0.1, 0.15) is 17.0 Å². The maximum absolute atomic E-state index is 13.1. The number of non-ortho nitro benzene ring substituents is 1. The Hall–Kier alpha value is -3.86. The number of benzene rings is 2. The van der Waals surface area contributed by atoms with Crippen LogP contribution >= 0.6 is 0 Å². The van der Waals surface area contributed by atoms with E-state index in [9.17, 15) is 18.5 Å². The summed E-state index contributed by atoms with van der Waals surface area (Å²) in [6.45, 7) is 0. The highest BCUT2D eigenvalue weighted by Gasteiger charge is 2.24. The van der Waals surface area contributed by atoms with Crippen molar-refractivity contribution in [3.63, 3.8) is 0 Å². The summed E-state index contributed by atoms with van der Waals surface area (Å²) < 4.78 is 32.9. The van der Waals surface area contributed by atoms with Crippen LogP contribution in [0.5, 0.6) is 5.75 Å². The summed E-state index contributed by atoms with van der Waals surface area (Å²) in [4.78, 5) is 23.2. The molecule has 0 atom stereocenters. The Morgan fingerprint density at radius 2 is 1.74 bits per heavy atom. The van der Waals surface area contributed by atoms with E-state index in [0.717, 1.165) is 0 Å². The maximum Gasteiger partial charge on any atom is 0.269 e. The number of aryl methyl sites for hydroxylation is 1. The smallest absolute Gasteiger partial charge is 0.269 e. The number of fused-ring (bicyclic) bond motifs is 1. The van der Waals surface area contributed by atoms with Crippen LogP contribution in [-0.4, -0.2) is 40.0 Å². The molecule has 0 N–H and O–H groups in total. The molecule has 0 fully saturated rings. The molecular formula is C20H17N5O5S. The van der Waals surface area contributed by atoms with Crippen molar-refractivity contribution in [2.24, 2.45) is 7.05 Å². The van der Waals surface area contributed by atoms with Crippen molar-refractivity contribution in [2.45, 2.75) is 10.9 Å². The Kier molecular flexibility index (Phi) is 5.11. The van der Waals surface area contributed by atoms with E-state index in [1.54, 1.807) is 35.9 Å². The van der Waals surface area contributed by atoms with Gasteiger partial charge < -0.3 is 9.30 Å². The van der Waals surface area contributed by atoms with Crippen molar-refractivity contribution in [2.75, 3.05) is 7.11 Å². The molecule has 0 saturated carbocycles. The van der Waals surface area contributed by atoms with Crippen LogP contribution in [0.2, 0.25) is 0 Å². The summed E-state index contributed by atoms with van der Waals surface area (Å²) in [6, 6.07) is 12.4. The molecule has 4 aromatic rings. The summed E-state index contributed by atoms with van der Waals surface area (Å²) in [7, 11) is -0.657. The average Bonchev–Trinajstić information content (AvgIpc) is 3.14. The molecule has 4 rings (SSSR count). The third-order valence-electron chi connectivity index (χ3n) is 4.68. The number of methoxy groups -OCH3 is 1. The molecule has 0 bridgehead atoms. The summed E-state index contributed by atoms with van der Waals surface area (Å²) in [6.07, 6.45) is 1.51. The van der Waals surface area contributed by atoms with Crippen molar-refractivity contribution < 1.29 is 18.1 Å². The molecule has 2 aromatic heterocycles. The minimum Gasteiger partial charge on any atom is -0.497 e. The summed E-state index contributed by atoms with van der Waals surface area (Å²) in [5.74, 6) is 0.328. The van der Waals surface area contributed by atoms with E-state index >= 15 is 0 Å². The van der Waals surface area contributed by atoms with E-state index in [4.69, 9.17) is 4.74 Å². The standard InChI is InChI=1S/C20H17N5O5S/c1-24-12-21-18-17(14-5-7-15(8-6-14)25(26)27)22-20(23-19(18)24)31(28,29)11-13-3-9-16(30-2)10-4-13/h3-10,12H,11H2,1-2H3. The fraction of sp³-hybridized carbons (Fsp3) is 0.150. The molecule has 2 aromatic carbocycles. The Morgan fingerprint density at radius 3 is 2.35 bits per heavy atom. The molecule has 2 heterocycles. The van der Waals surface area contributed by atoms with Crippen LogP contribution in [-0.2, 0) is 22.6 Å². The molecule has 0 spiro atoms. The summed E-state index contributed by atoms with van der Waals surface area (Å²) >= 11 is 0. The van der Waals surface area contributed by atoms with E-state index in [-0.39, 0.29) is 22.3 Å². The predicted molar refractivity (Wildman–Crippen MR) is 112 cm³/mol. The quantitative estimate of drug-likeness (QED) is 0.255. The molecule has 11 heteroatoms. The summed E-state index contributed by atoms with van der Waals surface area (Å²) in [5, 5.41) is 10.6. The lowest BCUT2D eigenvalue weighted by Gasteiger charge is -2.08. The SMILES string of the molecule is COc1ccc(CS(=O)(=O)c2nc(-c3ccc([N+](=O)[O-])cc3)c3ncn(C)c3n2)cc1. The van der Waals surface area contributed by atoms with Crippen molar-refractivity contribution >= 4 is 26.7 Å². The highest BCUT2D eigenvalue weighted by molar-refractivity contribution is 7.90. The lowest BCUT2D eigenvalue weighted by atomic mass is 10.1.